The van der Waals surface area contributed by atoms with Crippen LogP contribution in [0, 0.1) is 11.3 Å². The summed E-state index contributed by atoms with van der Waals surface area (Å²) < 4.78 is 0. The normalized spacial score (nSPS) is 26.1. The van der Waals surface area contributed by atoms with Gasteiger partial charge in [0.15, 0.2) is 0 Å². The van der Waals surface area contributed by atoms with E-state index in [0.29, 0.717) is 17.5 Å². The molecule has 2 amide bonds. The minimum atomic E-state index is -0.0361. The molecule has 2 atom stereocenters. The van der Waals surface area contributed by atoms with Crippen LogP contribution in [0.15, 0.2) is 24.3 Å². The molecule has 1 saturated heterocycles. The van der Waals surface area contributed by atoms with Crippen molar-refractivity contribution in [2.24, 2.45) is 11.3 Å². The molecule has 0 bridgehead atoms. The first-order valence-electron chi connectivity index (χ1n) is 9.21. The van der Waals surface area contributed by atoms with E-state index in [4.69, 9.17) is 0 Å². The van der Waals surface area contributed by atoms with Crippen LogP contribution in [0.3, 0.4) is 0 Å². The van der Waals surface area contributed by atoms with Crippen molar-refractivity contribution >= 4 is 17.5 Å². The lowest BCUT2D eigenvalue weighted by atomic mass is 9.85. The van der Waals surface area contributed by atoms with Crippen LogP contribution >= 0.6 is 0 Å². The Morgan fingerprint density at radius 3 is 2.56 bits per heavy atom. The molecule has 1 spiro atoms. The Balaban J connectivity index is 1.51. The van der Waals surface area contributed by atoms with Crippen molar-refractivity contribution in [3.8, 4) is 0 Å². The maximum Gasteiger partial charge on any atom is 0.253 e. The maximum atomic E-state index is 12.3. The summed E-state index contributed by atoms with van der Waals surface area (Å²) >= 11 is 0. The van der Waals surface area contributed by atoms with Crippen LogP contribution in [0.1, 0.15) is 43.0 Å². The summed E-state index contributed by atoms with van der Waals surface area (Å²) in [6, 6.07) is 7.09. The van der Waals surface area contributed by atoms with Gasteiger partial charge < -0.3 is 10.2 Å². The number of benzene rings is 1. The van der Waals surface area contributed by atoms with Crippen molar-refractivity contribution in [2.75, 3.05) is 39.0 Å². The molecule has 25 heavy (non-hydrogen) atoms. The molecule has 1 aromatic rings. The number of nitrogens with zero attached hydrogens (tertiary/aromatic N) is 2. The van der Waals surface area contributed by atoms with E-state index in [1.165, 1.54) is 25.7 Å². The molecule has 1 aliphatic heterocycles. The summed E-state index contributed by atoms with van der Waals surface area (Å²) in [5, 5.41) is 2.95. The van der Waals surface area contributed by atoms with E-state index in [9.17, 15) is 9.59 Å². The number of anilines is 1. The number of hydrogen-bond acceptors (Lipinski definition) is 3. The molecule has 0 radical (unpaired) electrons. The molecular formula is C20H29N3O2. The first-order chi connectivity index (χ1) is 11.9. The van der Waals surface area contributed by atoms with Crippen molar-refractivity contribution in [1.29, 1.82) is 0 Å². The molecule has 3 rings (SSSR count). The second-order valence-electron chi connectivity index (χ2n) is 8.13. The molecule has 1 aromatic carbocycles. The maximum absolute atomic E-state index is 12.3. The van der Waals surface area contributed by atoms with Gasteiger partial charge in [-0.15, -0.1) is 0 Å². The highest BCUT2D eigenvalue weighted by atomic mass is 16.2. The van der Waals surface area contributed by atoms with E-state index < -0.39 is 0 Å². The molecule has 1 N–H and O–H groups in total. The molecule has 0 aromatic heterocycles. The number of hydrogen-bond donors (Lipinski definition) is 1. The summed E-state index contributed by atoms with van der Waals surface area (Å²) in [7, 11) is 3.46. The van der Waals surface area contributed by atoms with E-state index in [1.807, 2.05) is 0 Å². The standard InChI is InChI=1S/C20H29N3O2/c1-15-8-9-20(12-15)10-11-23(14-20)13-18(24)21-17-6-4-16(5-7-17)19(25)22(2)3/h4-7,15H,8-14H2,1-3H3,(H,21,24). The lowest BCUT2D eigenvalue weighted by Gasteiger charge is -2.23. The summed E-state index contributed by atoms with van der Waals surface area (Å²) in [5.74, 6) is 0.818. The number of carbonyl (C=O) groups excluding carboxylic acids is 2. The number of carbonyl (C=O) groups is 2. The summed E-state index contributed by atoms with van der Waals surface area (Å²) in [4.78, 5) is 28.1. The van der Waals surface area contributed by atoms with Crippen LogP contribution in [-0.2, 0) is 4.79 Å². The molecular weight excluding hydrogens is 314 g/mol. The van der Waals surface area contributed by atoms with Gasteiger partial charge >= 0.3 is 0 Å². The van der Waals surface area contributed by atoms with Crippen LogP contribution in [-0.4, -0.2) is 55.3 Å². The minimum absolute atomic E-state index is 0.0229. The van der Waals surface area contributed by atoms with E-state index in [2.05, 4.69) is 17.1 Å². The van der Waals surface area contributed by atoms with Gasteiger partial charge in [-0.2, -0.15) is 0 Å². The predicted octanol–water partition coefficient (Wildman–Crippen LogP) is 2.84. The smallest absolute Gasteiger partial charge is 0.253 e. The summed E-state index contributed by atoms with van der Waals surface area (Å²) in [5.41, 5.74) is 1.83. The Hall–Kier alpha value is -1.88. The van der Waals surface area contributed by atoms with E-state index in [1.54, 1.807) is 43.3 Å². The van der Waals surface area contributed by atoms with Crippen LogP contribution in [0.25, 0.3) is 0 Å². The van der Waals surface area contributed by atoms with Gasteiger partial charge in [0.1, 0.15) is 0 Å². The average molecular weight is 343 g/mol. The monoisotopic (exact) mass is 343 g/mol. The molecule has 1 saturated carbocycles. The molecule has 2 aliphatic rings. The molecule has 136 valence electrons. The van der Waals surface area contributed by atoms with E-state index in [-0.39, 0.29) is 11.8 Å². The van der Waals surface area contributed by atoms with Gasteiger partial charge in [0.2, 0.25) is 5.91 Å². The third-order valence-corrected chi connectivity index (χ3v) is 5.66. The molecule has 2 unspecified atom stereocenters. The lowest BCUT2D eigenvalue weighted by molar-refractivity contribution is -0.117. The molecule has 1 aliphatic carbocycles. The Bertz CT molecular complexity index is 641. The lowest BCUT2D eigenvalue weighted by Crippen LogP contribution is -2.33. The first-order valence-corrected chi connectivity index (χ1v) is 9.21. The quantitative estimate of drug-likeness (QED) is 0.915. The van der Waals surface area contributed by atoms with E-state index in [0.717, 1.165) is 24.7 Å². The van der Waals surface area contributed by atoms with Crippen LogP contribution in [0.4, 0.5) is 5.69 Å². The minimum Gasteiger partial charge on any atom is -0.345 e. The Kier molecular flexibility index (Phi) is 5.13. The van der Waals surface area contributed by atoms with Crippen LogP contribution in [0.5, 0.6) is 0 Å². The van der Waals surface area contributed by atoms with Crippen LogP contribution in [0.2, 0.25) is 0 Å². The number of likely N-dealkylation sites (tertiary alicyclic amines) is 1. The Morgan fingerprint density at radius 2 is 1.96 bits per heavy atom. The first kappa shape index (κ1) is 17.9. The molecule has 2 fully saturated rings. The Morgan fingerprint density at radius 1 is 1.24 bits per heavy atom. The SMILES string of the molecule is CC1CCC2(CCN(CC(=O)Nc3ccc(C(=O)N(C)C)cc3)C2)C1. The molecule has 1 heterocycles. The Labute approximate surface area is 150 Å². The number of amides is 2. The summed E-state index contributed by atoms with van der Waals surface area (Å²) in [6.45, 7) is 4.88. The topological polar surface area (TPSA) is 52.7 Å². The highest BCUT2D eigenvalue weighted by Gasteiger charge is 2.42. The fourth-order valence-electron chi connectivity index (χ4n) is 4.39. The highest BCUT2D eigenvalue weighted by Crippen LogP contribution is 2.47. The third-order valence-electron chi connectivity index (χ3n) is 5.66. The fraction of sp³-hybridized carbons (Fsp3) is 0.600. The van der Waals surface area contributed by atoms with Crippen LogP contribution < -0.4 is 5.32 Å². The number of rotatable bonds is 4. The highest BCUT2D eigenvalue weighted by molar-refractivity contribution is 5.96. The van der Waals surface area contributed by atoms with Gasteiger partial charge in [-0.3, -0.25) is 14.5 Å². The fourth-order valence-corrected chi connectivity index (χ4v) is 4.39. The van der Waals surface area contributed by atoms with Gasteiger partial charge in [-0.25, -0.2) is 0 Å². The van der Waals surface area contributed by atoms with Crippen molar-refractivity contribution in [3.63, 3.8) is 0 Å². The largest absolute Gasteiger partial charge is 0.345 e. The molecule has 5 nitrogen and oxygen atoms in total. The van der Waals surface area contributed by atoms with Gasteiger partial charge in [-0.05, 0) is 61.4 Å². The van der Waals surface area contributed by atoms with Crippen molar-refractivity contribution in [3.05, 3.63) is 29.8 Å². The second-order valence-corrected chi connectivity index (χ2v) is 8.13. The van der Waals surface area contributed by atoms with E-state index >= 15 is 0 Å². The van der Waals surface area contributed by atoms with Crippen molar-refractivity contribution in [2.45, 2.75) is 32.6 Å². The summed E-state index contributed by atoms with van der Waals surface area (Å²) in [6.07, 6.45) is 5.18. The van der Waals surface area contributed by atoms with Gasteiger partial charge in [-0.1, -0.05) is 13.3 Å². The number of nitrogens with one attached hydrogen (secondary N) is 1. The third kappa shape index (κ3) is 4.21. The zero-order valence-electron chi connectivity index (χ0n) is 15.5. The average Bonchev–Trinajstić information content (AvgIpc) is 3.13. The molecule has 5 heteroatoms. The predicted molar refractivity (Wildman–Crippen MR) is 99.6 cm³/mol. The van der Waals surface area contributed by atoms with Gasteiger partial charge in [0.05, 0.1) is 6.54 Å². The van der Waals surface area contributed by atoms with Gasteiger partial charge in [0.25, 0.3) is 5.91 Å². The second kappa shape index (κ2) is 7.16. The van der Waals surface area contributed by atoms with Crippen molar-refractivity contribution in [1.82, 2.24) is 9.80 Å². The zero-order valence-corrected chi connectivity index (χ0v) is 15.5. The van der Waals surface area contributed by atoms with Crippen molar-refractivity contribution < 1.29 is 9.59 Å². The van der Waals surface area contributed by atoms with Gasteiger partial charge in [0, 0.05) is 31.9 Å². The zero-order chi connectivity index (χ0) is 18.0.